The van der Waals surface area contributed by atoms with Gasteiger partial charge in [0.15, 0.2) is 27.3 Å². The summed E-state index contributed by atoms with van der Waals surface area (Å²) in [6.07, 6.45) is 0.828. The van der Waals surface area contributed by atoms with Crippen LogP contribution < -0.4 is 20.1 Å². The van der Waals surface area contributed by atoms with E-state index in [4.69, 9.17) is 9.47 Å². The predicted octanol–water partition coefficient (Wildman–Crippen LogP) is 0.532. The summed E-state index contributed by atoms with van der Waals surface area (Å²) in [7, 11) is 0.426. The Morgan fingerprint density at radius 2 is 1.86 bits per heavy atom. The van der Waals surface area contributed by atoms with Crippen LogP contribution in [-0.4, -0.2) is 84.3 Å². The van der Waals surface area contributed by atoms with Crippen molar-refractivity contribution in [2.75, 3.05) is 65.0 Å². The third-order valence-electron chi connectivity index (χ3n) is 4.62. The van der Waals surface area contributed by atoms with E-state index < -0.39 is 9.84 Å². The van der Waals surface area contributed by atoms with Gasteiger partial charge in [0.25, 0.3) is 0 Å². The van der Waals surface area contributed by atoms with Crippen molar-refractivity contribution < 1.29 is 17.9 Å². The maximum Gasteiger partial charge on any atom is 0.191 e. The van der Waals surface area contributed by atoms with Gasteiger partial charge in [-0.05, 0) is 31.0 Å². The van der Waals surface area contributed by atoms with E-state index in [-0.39, 0.29) is 11.5 Å². The molecule has 0 spiro atoms. The average molecular weight is 413 g/mol. The van der Waals surface area contributed by atoms with Crippen molar-refractivity contribution in [1.82, 2.24) is 15.5 Å². The molecule has 0 amide bonds. The van der Waals surface area contributed by atoms with E-state index in [0.717, 1.165) is 49.1 Å². The third-order valence-corrected chi connectivity index (χ3v) is 6.23. The summed E-state index contributed by atoms with van der Waals surface area (Å²) in [5.41, 5.74) is 1.15. The van der Waals surface area contributed by atoms with Crippen LogP contribution in [0.2, 0.25) is 0 Å². The van der Waals surface area contributed by atoms with Crippen LogP contribution in [0.15, 0.2) is 23.2 Å². The molecule has 28 heavy (non-hydrogen) atoms. The summed E-state index contributed by atoms with van der Waals surface area (Å²) in [5, 5.41) is 6.58. The van der Waals surface area contributed by atoms with Crippen LogP contribution in [0.25, 0.3) is 0 Å². The van der Waals surface area contributed by atoms with Crippen molar-refractivity contribution >= 4 is 15.8 Å². The molecule has 158 valence electrons. The summed E-state index contributed by atoms with van der Waals surface area (Å²) >= 11 is 0. The molecule has 9 heteroatoms. The van der Waals surface area contributed by atoms with Crippen LogP contribution in [0.5, 0.6) is 11.5 Å². The highest BCUT2D eigenvalue weighted by Crippen LogP contribution is 2.27. The Hall–Kier alpha value is -2.00. The number of rotatable bonds is 9. The molecule has 1 aliphatic rings. The number of guanidine groups is 1. The van der Waals surface area contributed by atoms with Crippen molar-refractivity contribution in [3.8, 4) is 11.5 Å². The SMILES string of the molecule is CCNC(=NCCN1CCS(=O)(=O)CC1)NCCc1ccc(OC)c(OC)c1. The molecule has 2 rings (SSSR count). The summed E-state index contributed by atoms with van der Waals surface area (Å²) in [5.74, 6) is 2.72. The van der Waals surface area contributed by atoms with Crippen molar-refractivity contribution in [3.05, 3.63) is 23.8 Å². The molecule has 0 aromatic heterocycles. The van der Waals surface area contributed by atoms with E-state index in [2.05, 4.69) is 20.5 Å². The molecule has 0 unspecified atom stereocenters. The first-order valence-corrected chi connectivity index (χ1v) is 11.5. The fraction of sp³-hybridized carbons (Fsp3) is 0.632. The van der Waals surface area contributed by atoms with Gasteiger partial charge in [-0.15, -0.1) is 0 Å². The zero-order valence-electron chi connectivity index (χ0n) is 17.0. The molecule has 1 saturated heterocycles. The largest absolute Gasteiger partial charge is 0.493 e. The molecule has 1 heterocycles. The fourth-order valence-electron chi connectivity index (χ4n) is 2.98. The van der Waals surface area contributed by atoms with Crippen LogP contribution in [0.4, 0.5) is 0 Å². The minimum absolute atomic E-state index is 0.250. The average Bonchev–Trinajstić information content (AvgIpc) is 2.69. The molecule has 0 saturated carbocycles. The Labute approximate surface area is 168 Å². The summed E-state index contributed by atoms with van der Waals surface area (Å²) in [6.45, 7) is 6.14. The van der Waals surface area contributed by atoms with Gasteiger partial charge >= 0.3 is 0 Å². The van der Waals surface area contributed by atoms with Gasteiger partial charge < -0.3 is 20.1 Å². The number of hydrogen-bond donors (Lipinski definition) is 2. The number of ether oxygens (including phenoxy) is 2. The first-order chi connectivity index (χ1) is 13.5. The highest BCUT2D eigenvalue weighted by atomic mass is 32.2. The standard InChI is InChI=1S/C19H32N4O4S/c1-4-20-19(22-9-10-23-11-13-28(24,25)14-12-23)21-8-7-16-5-6-17(26-2)18(15-16)27-3/h5-6,15H,4,7-14H2,1-3H3,(H2,20,21,22). The molecular weight excluding hydrogens is 380 g/mol. The predicted molar refractivity (Wildman–Crippen MR) is 112 cm³/mol. The minimum atomic E-state index is -2.83. The molecule has 2 N–H and O–H groups in total. The van der Waals surface area contributed by atoms with Crippen LogP contribution in [0.3, 0.4) is 0 Å². The molecule has 0 atom stereocenters. The highest BCUT2D eigenvalue weighted by Gasteiger charge is 2.20. The van der Waals surface area contributed by atoms with Gasteiger partial charge in [-0.2, -0.15) is 0 Å². The Bertz CT molecular complexity index is 738. The van der Waals surface area contributed by atoms with Crippen LogP contribution in [-0.2, 0) is 16.3 Å². The van der Waals surface area contributed by atoms with Crippen molar-refractivity contribution in [3.63, 3.8) is 0 Å². The van der Waals surface area contributed by atoms with Crippen molar-refractivity contribution in [2.45, 2.75) is 13.3 Å². The molecule has 1 aliphatic heterocycles. The van der Waals surface area contributed by atoms with E-state index in [1.165, 1.54) is 0 Å². The first kappa shape index (κ1) is 22.3. The van der Waals surface area contributed by atoms with E-state index >= 15 is 0 Å². The number of nitrogens with one attached hydrogen (secondary N) is 2. The van der Waals surface area contributed by atoms with Crippen molar-refractivity contribution in [2.24, 2.45) is 4.99 Å². The molecule has 1 aromatic carbocycles. The molecule has 8 nitrogen and oxygen atoms in total. The molecule has 1 aromatic rings. The van der Waals surface area contributed by atoms with Gasteiger partial charge in [-0.3, -0.25) is 9.89 Å². The minimum Gasteiger partial charge on any atom is -0.493 e. The zero-order valence-corrected chi connectivity index (χ0v) is 17.8. The van der Waals surface area contributed by atoms with Crippen LogP contribution in [0.1, 0.15) is 12.5 Å². The Balaban J connectivity index is 1.79. The van der Waals surface area contributed by atoms with E-state index in [9.17, 15) is 8.42 Å². The molecule has 0 bridgehead atoms. The number of methoxy groups -OCH3 is 2. The van der Waals surface area contributed by atoms with Gasteiger partial charge in [0, 0.05) is 32.7 Å². The lowest BCUT2D eigenvalue weighted by Crippen LogP contribution is -2.42. The monoisotopic (exact) mass is 412 g/mol. The highest BCUT2D eigenvalue weighted by molar-refractivity contribution is 7.91. The lowest BCUT2D eigenvalue weighted by Gasteiger charge is -2.25. The quantitative estimate of drug-likeness (QED) is 0.452. The summed E-state index contributed by atoms with van der Waals surface area (Å²) in [6, 6.07) is 5.92. The number of nitrogens with zero attached hydrogens (tertiary/aromatic N) is 2. The second kappa shape index (κ2) is 11.1. The van der Waals surface area contributed by atoms with Crippen LogP contribution >= 0.6 is 0 Å². The van der Waals surface area contributed by atoms with Gasteiger partial charge in [0.2, 0.25) is 0 Å². The number of hydrogen-bond acceptors (Lipinski definition) is 6. The Morgan fingerprint density at radius 3 is 2.50 bits per heavy atom. The van der Waals surface area contributed by atoms with E-state index in [1.54, 1.807) is 14.2 Å². The Morgan fingerprint density at radius 1 is 1.14 bits per heavy atom. The molecule has 0 aliphatic carbocycles. The molecular formula is C19H32N4O4S. The third kappa shape index (κ3) is 7.20. The maximum absolute atomic E-state index is 11.5. The van der Waals surface area contributed by atoms with Crippen LogP contribution in [0, 0.1) is 0 Å². The lowest BCUT2D eigenvalue weighted by atomic mass is 10.1. The number of sulfone groups is 1. The summed E-state index contributed by atoms with van der Waals surface area (Å²) in [4.78, 5) is 6.75. The maximum atomic E-state index is 11.5. The fourth-order valence-corrected chi connectivity index (χ4v) is 4.26. The van der Waals surface area contributed by atoms with Gasteiger partial charge in [0.05, 0.1) is 32.3 Å². The second-order valence-electron chi connectivity index (χ2n) is 6.62. The van der Waals surface area contributed by atoms with E-state index in [0.29, 0.717) is 19.6 Å². The molecule has 1 fully saturated rings. The number of aliphatic imine (C=N–C) groups is 1. The lowest BCUT2D eigenvalue weighted by molar-refractivity contribution is 0.304. The number of benzene rings is 1. The molecule has 0 radical (unpaired) electrons. The van der Waals surface area contributed by atoms with Crippen molar-refractivity contribution in [1.29, 1.82) is 0 Å². The Kier molecular flexibility index (Phi) is 8.85. The topological polar surface area (TPSA) is 92.3 Å². The van der Waals surface area contributed by atoms with Gasteiger partial charge in [-0.1, -0.05) is 6.07 Å². The van der Waals surface area contributed by atoms with Gasteiger partial charge in [-0.25, -0.2) is 8.42 Å². The second-order valence-corrected chi connectivity index (χ2v) is 8.92. The smallest absolute Gasteiger partial charge is 0.191 e. The summed E-state index contributed by atoms with van der Waals surface area (Å²) < 4.78 is 33.6. The zero-order chi connectivity index (χ0) is 20.4. The normalized spacial score (nSPS) is 17.2. The first-order valence-electron chi connectivity index (χ1n) is 9.63. The van der Waals surface area contributed by atoms with E-state index in [1.807, 2.05) is 25.1 Å². The van der Waals surface area contributed by atoms with Gasteiger partial charge in [0.1, 0.15) is 0 Å².